The lowest BCUT2D eigenvalue weighted by atomic mass is 10.3. The van der Waals surface area contributed by atoms with Crippen molar-refractivity contribution in [3.63, 3.8) is 0 Å². The molecule has 0 amide bonds. The minimum absolute atomic E-state index is 0.220. The van der Waals surface area contributed by atoms with Gasteiger partial charge in [-0.05, 0) is 13.0 Å². The van der Waals surface area contributed by atoms with Gasteiger partial charge in [-0.25, -0.2) is 0 Å². The maximum absolute atomic E-state index is 5.56. The van der Waals surface area contributed by atoms with E-state index in [0.717, 1.165) is 6.54 Å². The lowest BCUT2D eigenvalue weighted by molar-refractivity contribution is 0.453. The molecule has 0 spiro atoms. The van der Waals surface area contributed by atoms with Gasteiger partial charge in [0.1, 0.15) is 4.99 Å². The summed E-state index contributed by atoms with van der Waals surface area (Å²) < 4.78 is 7.27. The molecule has 0 aliphatic rings. The van der Waals surface area contributed by atoms with E-state index in [1.165, 1.54) is 6.20 Å². The van der Waals surface area contributed by atoms with E-state index in [-0.39, 0.29) is 10.9 Å². The van der Waals surface area contributed by atoms with Crippen LogP contribution in [0.1, 0.15) is 12.5 Å². The molecule has 2 aromatic heterocycles. The molecule has 0 atom stereocenters. The van der Waals surface area contributed by atoms with E-state index >= 15 is 0 Å². The van der Waals surface area contributed by atoms with Gasteiger partial charge in [0.2, 0.25) is 5.88 Å². The van der Waals surface area contributed by atoms with E-state index < -0.39 is 0 Å². The number of hydrogen-bond donors (Lipinski definition) is 1. The summed E-state index contributed by atoms with van der Waals surface area (Å²) in [6.07, 6.45) is 4.87. The van der Waals surface area contributed by atoms with Crippen LogP contribution in [0, 0.1) is 0 Å². The second-order valence-electron chi connectivity index (χ2n) is 3.25. The molecule has 0 bridgehead atoms. The first-order valence-corrected chi connectivity index (χ1v) is 5.43. The maximum atomic E-state index is 5.56. The Kier molecular flexibility index (Phi) is 3.29. The summed E-state index contributed by atoms with van der Waals surface area (Å²) in [5.41, 5.74) is 6.12. The third kappa shape index (κ3) is 2.56. The molecule has 2 rings (SSSR count). The van der Waals surface area contributed by atoms with Crippen LogP contribution in [0.2, 0.25) is 0 Å². The molecule has 2 aromatic rings. The summed E-state index contributed by atoms with van der Waals surface area (Å²) >= 11 is 4.90. The van der Waals surface area contributed by atoms with Crippen LogP contribution in [0.4, 0.5) is 0 Å². The van der Waals surface area contributed by atoms with Gasteiger partial charge >= 0.3 is 0 Å². The minimum Gasteiger partial charge on any atom is -0.434 e. The molecule has 0 aliphatic heterocycles. The molecule has 0 saturated heterocycles. The molecule has 0 saturated carbocycles. The molecule has 0 unspecified atom stereocenters. The van der Waals surface area contributed by atoms with E-state index in [0.29, 0.717) is 11.3 Å². The Hall–Kier alpha value is -2.02. The summed E-state index contributed by atoms with van der Waals surface area (Å²) in [5, 5.41) is 11.7. The Balaban J connectivity index is 2.26. The molecular formula is C10H11N5OS. The number of rotatable bonds is 4. The predicted octanol–water partition coefficient (Wildman–Crippen LogP) is 1.12. The van der Waals surface area contributed by atoms with Crippen LogP contribution in [0.3, 0.4) is 0 Å². The highest BCUT2D eigenvalue weighted by atomic mass is 32.1. The number of hydrogen-bond acceptors (Lipinski definition) is 5. The quantitative estimate of drug-likeness (QED) is 0.818. The van der Waals surface area contributed by atoms with Crippen LogP contribution in [0.25, 0.3) is 0 Å². The average molecular weight is 249 g/mol. The topological polar surface area (TPSA) is 78.8 Å². The summed E-state index contributed by atoms with van der Waals surface area (Å²) in [4.78, 5) is 0.220. The van der Waals surface area contributed by atoms with Crippen LogP contribution in [0.5, 0.6) is 11.6 Å². The zero-order valence-corrected chi connectivity index (χ0v) is 10.0. The first kappa shape index (κ1) is 11.5. The van der Waals surface area contributed by atoms with E-state index in [2.05, 4.69) is 15.3 Å². The predicted molar refractivity (Wildman–Crippen MR) is 65.9 cm³/mol. The molecule has 88 valence electrons. The second-order valence-corrected chi connectivity index (χ2v) is 3.69. The standard InChI is InChI=1S/C10H11N5OS/c1-2-15-6-7(5-13-15)16-10-8(9(11)17)3-4-12-14-10/h3-6H,2H2,1H3,(H2,11,17). The highest BCUT2D eigenvalue weighted by molar-refractivity contribution is 7.80. The van der Waals surface area contributed by atoms with E-state index in [4.69, 9.17) is 22.7 Å². The Morgan fingerprint density at radius 1 is 1.59 bits per heavy atom. The van der Waals surface area contributed by atoms with Crippen LogP contribution in [0.15, 0.2) is 24.7 Å². The third-order valence-corrected chi connectivity index (χ3v) is 2.32. The highest BCUT2D eigenvalue weighted by Crippen LogP contribution is 2.21. The van der Waals surface area contributed by atoms with Gasteiger partial charge in [0.25, 0.3) is 0 Å². The second kappa shape index (κ2) is 4.88. The lowest BCUT2D eigenvalue weighted by Gasteiger charge is -2.05. The number of aromatic nitrogens is 4. The fourth-order valence-corrected chi connectivity index (χ4v) is 1.42. The van der Waals surface area contributed by atoms with Crippen LogP contribution < -0.4 is 10.5 Å². The summed E-state index contributed by atoms with van der Waals surface area (Å²) in [6, 6.07) is 1.66. The molecule has 6 nitrogen and oxygen atoms in total. The van der Waals surface area contributed by atoms with E-state index in [1.54, 1.807) is 23.1 Å². The molecule has 0 aliphatic carbocycles. The Bertz CT molecular complexity index is 539. The van der Waals surface area contributed by atoms with Gasteiger partial charge in [0.05, 0.1) is 24.2 Å². The lowest BCUT2D eigenvalue weighted by Crippen LogP contribution is -2.11. The normalized spacial score (nSPS) is 10.2. The Morgan fingerprint density at radius 2 is 2.41 bits per heavy atom. The van der Waals surface area contributed by atoms with E-state index in [9.17, 15) is 0 Å². The zero-order chi connectivity index (χ0) is 12.3. The number of thiocarbonyl (C=S) groups is 1. The molecule has 7 heteroatoms. The van der Waals surface area contributed by atoms with Crippen LogP contribution in [-0.4, -0.2) is 25.0 Å². The molecular weight excluding hydrogens is 238 g/mol. The number of ether oxygens (including phenoxy) is 1. The van der Waals surface area contributed by atoms with Gasteiger partial charge in [-0.2, -0.15) is 10.2 Å². The zero-order valence-electron chi connectivity index (χ0n) is 9.20. The van der Waals surface area contributed by atoms with Gasteiger partial charge in [-0.3, -0.25) is 4.68 Å². The fourth-order valence-electron chi connectivity index (χ4n) is 1.26. The van der Waals surface area contributed by atoms with Crippen molar-refractivity contribution in [2.75, 3.05) is 0 Å². The van der Waals surface area contributed by atoms with Gasteiger partial charge < -0.3 is 10.5 Å². The van der Waals surface area contributed by atoms with Crippen molar-refractivity contribution in [3.8, 4) is 11.6 Å². The van der Waals surface area contributed by atoms with Crippen LogP contribution >= 0.6 is 12.2 Å². The summed E-state index contributed by atoms with van der Waals surface area (Å²) in [7, 11) is 0. The third-order valence-electron chi connectivity index (χ3n) is 2.10. The van der Waals surface area contributed by atoms with Crippen molar-refractivity contribution in [1.82, 2.24) is 20.0 Å². The number of nitrogens with zero attached hydrogens (tertiary/aromatic N) is 4. The first-order valence-electron chi connectivity index (χ1n) is 5.02. The fraction of sp³-hybridized carbons (Fsp3) is 0.200. The summed E-state index contributed by atoms with van der Waals surface area (Å²) in [5.74, 6) is 0.862. The molecule has 0 aromatic carbocycles. The average Bonchev–Trinajstić information content (AvgIpc) is 2.77. The molecule has 2 N–H and O–H groups in total. The van der Waals surface area contributed by atoms with E-state index in [1.807, 2.05) is 6.92 Å². The molecule has 0 radical (unpaired) electrons. The van der Waals surface area contributed by atoms with Gasteiger partial charge in [0.15, 0.2) is 5.75 Å². The maximum Gasteiger partial charge on any atom is 0.249 e. The van der Waals surface area contributed by atoms with Crippen molar-refractivity contribution in [1.29, 1.82) is 0 Å². The number of nitrogens with two attached hydrogens (primary N) is 1. The molecule has 2 heterocycles. The van der Waals surface area contributed by atoms with Crippen molar-refractivity contribution in [3.05, 3.63) is 30.2 Å². The Morgan fingerprint density at radius 3 is 3.06 bits per heavy atom. The minimum atomic E-state index is 0.220. The van der Waals surface area contributed by atoms with Gasteiger partial charge in [0, 0.05) is 6.54 Å². The van der Waals surface area contributed by atoms with Gasteiger partial charge in [-0.1, -0.05) is 12.2 Å². The monoisotopic (exact) mass is 249 g/mol. The SMILES string of the molecule is CCn1cc(Oc2nnccc2C(N)=S)cn1. The van der Waals surface area contributed by atoms with Crippen molar-refractivity contribution >= 4 is 17.2 Å². The molecule has 17 heavy (non-hydrogen) atoms. The van der Waals surface area contributed by atoms with Crippen molar-refractivity contribution in [2.45, 2.75) is 13.5 Å². The number of aryl methyl sites for hydroxylation is 1. The highest BCUT2D eigenvalue weighted by Gasteiger charge is 2.10. The van der Waals surface area contributed by atoms with Gasteiger partial charge in [-0.15, -0.1) is 5.10 Å². The smallest absolute Gasteiger partial charge is 0.249 e. The van der Waals surface area contributed by atoms with Crippen molar-refractivity contribution in [2.24, 2.45) is 5.73 Å². The Labute approximate surface area is 103 Å². The van der Waals surface area contributed by atoms with Crippen molar-refractivity contribution < 1.29 is 4.74 Å². The molecule has 0 fully saturated rings. The largest absolute Gasteiger partial charge is 0.434 e. The first-order chi connectivity index (χ1) is 8.20. The van der Waals surface area contributed by atoms with Crippen LogP contribution in [-0.2, 0) is 6.54 Å². The summed E-state index contributed by atoms with van der Waals surface area (Å²) in [6.45, 7) is 2.76.